The van der Waals surface area contributed by atoms with Gasteiger partial charge in [-0.15, -0.1) is 12.4 Å². The first-order chi connectivity index (χ1) is 13.5. The van der Waals surface area contributed by atoms with Crippen LogP contribution in [0.5, 0.6) is 11.5 Å². The lowest BCUT2D eigenvalue weighted by Gasteiger charge is -2.17. The number of hydrogen-bond acceptors (Lipinski definition) is 4. The Morgan fingerprint density at radius 2 is 2.00 bits per heavy atom. The number of nitrogens with zero attached hydrogens (tertiary/aromatic N) is 1. The Morgan fingerprint density at radius 1 is 1.17 bits per heavy atom. The van der Waals surface area contributed by atoms with Gasteiger partial charge in [-0.3, -0.25) is 9.78 Å². The summed E-state index contributed by atoms with van der Waals surface area (Å²) in [6.07, 6.45) is 3.20. The van der Waals surface area contributed by atoms with Gasteiger partial charge in [0.2, 0.25) is 0 Å². The first-order valence-corrected chi connectivity index (χ1v) is 9.47. The molecule has 5 nitrogen and oxygen atoms in total. The molecule has 1 aromatic heterocycles. The van der Waals surface area contributed by atoms with Crippen molar-refractivity contribution in [3.63, 3.8) is 0 Å². The highest BCUT2D eigenvalue weighted by molar-refractivity contribution is 5.85. The van der Waals surface area contributed by atoms with Crippen LogP contribution in [0.4, 0.5) is 0 Å². The van der Waals surface area contributed by atoms with E-state index in [0.717, 1.165) is 39.9 Å². The Labute approximate surface area is 177 Å². The van der Waals surface area contributed by atoms with Gasteiger partial charge >= 0.3 is 5.97 Å². The average molecular weight is 416 g/mol. The van der Waals surface area contributed by atoms with Gasteiger partial charge < -0.3 is 14.6 Å². The zero-order valence-electron chi connectivity index (χ0n) is 16.6. The Bertz CT molecular complexity index is 955. The molecule has 0 aliphatic heterocycles. The monoisotopic (exact) mass is 415 g/mol. The second-order valence-corrected chi connectivity index (χ2v) is 6.87. The molecule has 3 rings (SSSR count). The first kappa shape index (κ1) is 22.5. The molecule has 0 bridgehead atoms. The van der Waals surface area contributed by atoms with Crippen LogP contribution >= 0.6 is 12.4 Å². The maximum atomic E-state index is 10.7. The molecule has 154 valence electrons. The van der Waals surface area contributed by atoms with E-state index in [4.69, 9.17) is 14.6 Å². The van der Waals surface area contributed by atoms with Gasteiger partial charge in [0.1, 0.15) is 11.5 Å². The molecular weight excluding hydrogens is 390 g/mol. The molecule has 0 aliphatic carbocycles. The van der Waals surface area contributed by atoms with Crippen molar-refractivity contribution in [1.82, 2.24) is 4.98 Å². The smallest absolute Gasteiger partial charge is 0.303 e. The van der Waals surface area contributed by atoms with E-state index in [-0.39, 0.29) is 24.9 Å². The maximum absolute atomic E-state index is 10.7. The lowest BCUT2D eigenvalue weighted by atomic mass is 10.0. The summed E-state index contributed by atoms with van der Waals surface area (Å²) in [4.78, 5) is 15.1. The number of aryl methyl sites for hydroxylation is 2. The van der Waals surface area contributed by atoms with Crippen molar-refractivity contribution in [1.29, 1.82) is 0 Å². The van der Waals surface area contributed by atoms with Crippen LogP contribution in [-0.4, -0.2) is 28.8 Å². The van der Waals surface area contributed by atoms with E-state index >= 15 is 0 Å². The Kier molecular flexibility index (Phi) is 8.28. The number of carboxylic acid groups (broad SMARTS) is 1. The number of hydrogen-bond donors (Lipinski definition) is 1. The largest absolute Gasteiger partial charge is 0.493 e. The normalized spacial score (nSPS) is 11.5. The summed E-state index contributed by atoms with van der Waals surface area (Å²) in [5.41, 5.74) is 3.00. The van der Waals surface area contributed by atoms with E-state index in [1.807, 2.05) is 62.4 Å². The summed E-state index contributed by atoms with van der Waals surface area (Å²) < 4.78 is 11.9. The van der Waals surface area contributed by atoms with Gasteiger partial charge in [-0.25, -0.2) is 0 Å². The minimum Gasteiger partial charge on any atom is -0.493 e. The summed E-state index contributed by atoms with van der Waals surface area (Å²) in [6.45, 7) is 4.54. The van der Waals surface area contributed by atoms with Crippen molar-refractivity contribution in [3.8, 4) is 11.5 Å². The average Bonchev–Trinajstić information content (AvgIpc) is 2.67. The van der Waals surface area contributed by atoms with Gasteiger partial charge in [0.15, 0.2) is 0 Å². The number of carboxylic acids is 1. The van der Waals surface area contributed by atoms with Crippen molar-refractivity contribution in [3.05, 3.63) is 65.9 Å². The van der Waals surface area contributed by atoms with Crippen molar-refractivity contribution >= 4 is 29.3 Å². The predicted molar refractivity (Wildman–Crippen MR) is 116 cm³/mol. The third kappa shape index (κ3) is 6.36. The van der Waals surface area contributed by atoms with Crippen LogP contribution in [-0.2, 0) is 11.2 Å². The standard InChI is InChI=1S/C23H25NO4.ClH/c1-16-15-19(10-8-18(16)9-11-23(25)26)27-14-12-17(2)28-22-7-3-6-21-20(22)5-4-13-24-21;/h3-8,10,13,15,17H,9,11-12,14H2,1-2H3,(H,25,26);1H. The van der Waals surface area contributed by atoms with Crippen LogP contribution in [0.1, 0.15) is 30.9 Å². The predicted octanol–water partition coefficient (Wildman–Crippen LogP) is 5.22. The van der Waals surface area contributed by atoms with Crippen LogP contribution < -0.4 is 9.47 Å². The van der Waals surface area contributed by atoms with Gasteiger partial charge in [0.25, 0.3) is 0 Å². The second kappa shape index (κ2) is 10.7. The molecule has 1 heterocycles. The molecule has 1 atom stereocenters. The molecule has 0 saturated heterocycles. The van der Waals surface area contributed by atoms with E-state index in [9.17, 15) is 4.79 Å². The molecule has 0 fully saturated rings. The Balaban J connectivity index is 0.00000300. The third-order valence-corrected chi connectivity index (χ3v) is 4.65. The third-order valence-electron chi connectivity index (χ3n) is 4.65. The van der Waals surface area contributed by atoms with E-state index in [1.54, 1.807) is 6.20 Å². The summed E-state index contributed by atoms with van der Waals surface area (Å²) in [5, 5.41) is 9.82. The van der Waals surface area contributed by atoms with E-state index in [0.29, 0.717) is 13.0 Å². The molecule has 0 amide bonds. The van der Waals surface area contributed by atoms with Gasteiger partial charge in [0, 0.05) is 24.4 Å². The number of pyridine rings is 1. The number of fused-ring (bicyclic) bond motifs is 1. The second-order valence-electron chi connectivity index (χ2n) is 6.87. The van der Waals surface area contributed by atoms with E-state index in [2.05, 4.69) is 4.98 Å². The number of aliphatic carboxylic acids is 1. The quantitative estimate of drug-likeness (QED) is 0.519. The van der Waals surface area contributed by atoms with Gasteiger partial charge in [-0.05, 0) is 67.8 Å². The van der Waals surface area contributed by atoms with Crippen LogP contribution in [0.15, 0.2) is 54.7 Å². The van der Waals surface area contributed by atoms with Crippen molar-refractivity contribution in [2.75, 3.05) is 6.61 Å². The lowest BCUT2D eigenvalue weighted by molar-refractivity contribution is -0.136. The zero-order valence-corrected chi connectivity index (χ0v) is 17.4. The highest BCUT2D eigenvalue weighted by atomic mass is 35.5. The lowest BCUT2D eigenvalue weighted by Crippen LogP contribution is -2.16. The molecule has 0 spiro atoms. The maximum Gasteiger partial charge on any atom is 0.303 e. The molecule has 0 radical (unpaired) electrons. The van der Waals surface area contributed by atoms with Crippen molar-refractivity contribution in [2.45, 2.75) is 39.2 Å². The molecule has 2 aromatic carbocycles. The molecular formula is C23H26ClNO4. The van der Waals surface area contributed by atoms with Gasteiger partial charge in [-0.1, -0.05) is 12.1 Å². The van der Waals surface area contributed by atoms with E-state index in [1.165, 1.54) is 0 Å². The van der Waals surface area contributed by atoms with Crippen molar-refractivity contribution in [2.24, 2.45) is 0 Å². The van der Waals surface area contributed by atoms with Crippen LogP contribution in [0.25, 0.3) is 10.9 Å². The molecule has 0 aliphatic rings. The fourth-order valence-electron chi connectivity index (χ4n) is 3.08. The fourth-order valence-corrected chi connectivity index (χ4v) is 3.08. The minimum atomic E-state index is -0.782. The molecule has 6 heteroatoms. The highest BCUT2D eigenvalue weighted by Gasteiger charge is 2.09. The number of benzene rings is 2. The van der Waals surface area contributed by atoms with Crippen LogP contribution in [0.3, 0.4) is 0 Å². The molecule has 0 saturated carbocycles. The topological polar surface area (TPSA) is 68.7 Å². The number of aromatic nitrogens is 1. The summed E-state index contributed by atoms with van der Waals surface area (Å²) >= 11 is 0. The van der Waals surface area contributed by atoms with E-state index < -0.39 is 5.97 Å². The molecule has 29 heavy (non-hydrogen) atoms. The molecule has 1 unspecified atom stereocenters. The zero-order chi connectivity index (χ0) is 19.9. The summed E-state index contributed by atoms with van der Waals surface area (Å²) in [7, 11) is 0. The van der Waals surface area contributed by atoms with Gasteiger partial charge in [-0.2, -0.15) is 0 Å². The van der Waals surface area contributed by atoms with Crippen LogP contribution in [0.2, 0.25) is 0 Å². The fraction of sp³-hybridized carbons (Fsp3) is 0.304. The number of ether oxygens (including phenoxy) is 2. The van der Waals surface area contributed by atoms with Crippen molar-refractivity contribution < 1.29 is 19.4 Å². The van der Waals surface area contributed by atoms with Crippen LogP contribution in [0, 0.1) is 6.92 Å². The number of halogens is 1. The molecule has 3 aromatic rings. The van der Waals surface area contributed by atoms with Gasteiger partial charge in [0.05, 0.1) is 18.2 Å². The SMILES string of the molecule is Cc1cc(OCCC(C)Oc2cccc3ncccc23)ccc1CCC(=O)O.Cl. The minimum absolute atomic E-state index is 0. The summed E-state index contributed by atoms with van der Waals surface area (Å²) in [5.74, 6) is 0.838. The Hall–Kier alpha value is -2.79. The highest BCUT2D eigenvalue weighted by Crippen LogP contribution is 2.25. The summed E-state index contributed by atoms with van der Waals surface area (Å²) in [6, 6.07) is 15.6. The number of rotatable bonds is 9. The first-order valence-electron chi connectivity index (χ1n) is 9.47. The Morgan fingerprint density at radius 3 is 2.76 bits per heavy atom. The molecule has 1 N–H and O–H groups in total. The number of carbonyl (C=O) groups is 1.